The van der Waals surface area contributed by atoms with Crippen LogP contribution in [0.2, 0.25) is 0 Å². The van der Waals surface area contributed by atoms with Crippen LogP contribution in [0.15, 0.2) is 108 Å². The number of hydrogen-bond acceptors (Lipinski definition) is 5. The van der Waals surface area contributed by atoms with Crippen molar-refractivity contribution in [1.82, 2.24) is 0 Å². The Hall–Kier alpha value is -4.03. The smallest absolute Gasteiger partial charge is 0.331 e. The maximum absolute atomic E-state index is 14.7. The largest absolute Gasteiger partial charge is 0.465 e. The molecular weight excluding hydrogens is 544 g/mol. The number of esters is 2. The van der Waals surface area contributed by atoms with Crippen LogP contribution in [0, 0.1) is 5.41 Å². The van der Waals surface area contributed by atoms with E-state index in [-0.39, 0.29) is 12.4 Å². The molecule has 0 aromatic heterocycles. The minimum atomic E-state index is -1.84. The number of rotatable bonds is 6. The van der Waals surface area contributed by atoms with E-state index in [1.54, 1.807) is 55.5 Å². The highest BCUT2D eigenvalue weighted by Gasteiger charge is 2.91. The second-order valence-corrected chi connectivity index (χ2v) is 10.4. The predicted molar refractivity (Wildman–Crippen MR) is 146 cm³/mol. The van der Waals surface area contributed by atoms with Gasteiger partial charge in [0.25, 0.3) is 0 Å². The Morgan fingerprint density at radius 2 is 1.47 bits per heavy atom. The summed E-state index contributed by atoms with van der Waals surface area (Å²) in [5.41, 5.74) is 0.194. The molecule has 0 saturated heterocycles. The number of Topliss-reactive ketones (excluding diaryl/α,β-unsaturated/α-hetero) is 1. The molecule has 2 aliphatic rings. The highest BCUT2D eigenvalue weighted by molar-refractivity contribution is 9.10. The summed E-state index contributed by atoms with van der Waals surface area (Å²) < 4.78 is 12.0. The average Bonchev–Trinajstić information content (AvgIpc) is 3.62. The van der Waals surface area contributed by atoms with Gasteiger partial charge in [-0.05, 0) is 41.8 Å². The quantitative estimate of drug-likeness (QED) is 0.115. The van der Waals surface area contributed by atoms with Crippen LogP contribution < -0.4 is 4.74 Å². The third-order valence-electron chi connectivity index (χ3n) is 7.65. The zero-order valence-corrected chi connectivity index (χ0v) is 22.1. The average molecular weight is 567 g/mol. The van der Waals surface area contributed by atoms with Crippen LogP contribution in [0.3, 0.4) is 0 Å². The Kier molecular flexibility index (Phi) is 5.80. The third kappa shape index (κ3) is 3.26. The number of ketones is 1. The van der Waals surface area contributed by atoms with Gasteiger partial charge in [0, 0.05) is 21.5 Å². The second-order valence-electron chi connectivity index (χ2n) is 9.48. The first-order chi connectivity index (χ1) is 18.5. The molecule has 38 heavy (non-hydrogen) atoms. The first-order valence-corrected chi connectivity index (χ1v) is 13.2. The van der Waals surface area contributed by atoms with Gasteiger partial charge in [0.2, 0.25) is 0 Å². The summed E-state index contributed by atoms with van der Waals surface area (Å²) in [6.45, 7) is 1.75. The molecule has 0 amide bonds. The first-order valence-electron chi connectivity index (χ1n) is 12.4. The van der Waals surface area contributed by atoms with Gasteiger partial charge in [-0.15, -0.1) is 0 Å². The van der Waals surface area contributed by atoms with Gasteiger partial charge in [0.05, 0.1) is 12.0 Å². The lowest BCUT2D eigenvalue weighted by Gasteiger charge is -2.23. The van der Waals surface area contributed by atoms with Gasteiger partial charge >= 0.3 is 11.9 Å². The third-order valence-corrected chi connectivity index (χ3v) is 8.14. The molecule has 1 heterocycles. The standard InChI is InChI=1S/C32H23BrO5/c1-2-37-29(35)32-27(25-19-24(33)17-18-26(25)38-30(32)36)31(32,23-11-7-4-8-12-23)28(34)22-15-13-21(14-16-22)20-9-5-3-6-10-20/h3-19,27H,2H2,1H3/t27-,31-,32+/m1/s1. The molecule has 5 nitrogen and oxygen atoms in total. The van der Waals surface area contributed by atoms with E-state index in [4.69, 9.17) is 9.47 Å². The van der Waals surface area contributed by atoms with Crippen molar-refractivity contribution in [3.05, 3.63) is 124 Å². The van der Waals surface area contributed by atoms with E-state index in [1.807, 2.05) is 54.6 Å². The summed E-state index contributed by atoms with van der Waals surface area (Å²) >= 11 is 3.50. The molecule has 6 heteroatoms. The fourth-order valence-electron chi connectivity index (χ4n) is 6.05. The Morgan fingerprint density at radius 1 is 0.842 bits per heavy atom. The molecule has 3 atom stereocenters. The zero-order chi connectivity index (χ0) is 26.5. The number of ether oxygens (including phenoxy) is 2. The summed E-state index contributed by atoms with van der Waals surface area (Å²) in [6, 6.07) is 31.4. The van der Waals surface area contributed by atoms with Gasteiger partial charge in [0.1, 0.15) is 5.75 Å². The predicted octanol–water partition coefficient (Wildman–Crippen LogP) is 6.50. The van der Waals surface area contributed by atoms with Crippen LogP contribution in [0.4, 0.5) is 0 Å². The van der Waals surface area contributed by atoms with Crippen LogP contribution >= 0.6 is 15.9 Å². The molecule has 0 spiro atoms. The molecule has 0 unspecified atom stereocenters. The van der Waals surface area contributed by atoms with Crippen molar-refractivity contribution in [2.24, 2.45) is 5.41 Å². The number of hydrogen-bond donors (Lipinski definition) is 0. The Bertz CT molecular complexity index is 1560. The van der Waals surface area contributed by atoms with Crippen LogP contribution in [0.5, 0.6) is 5.75 Å². The lowest BCUT2D eigenvalue weighted by molar-refractivity contribution is -0.161. The summed E-state index contributed by atoms with van der Waals surface area (Å²) in [4.78, 5) is 42.2. The molecule has 188 valence electrons. The Balaban J connectivity index is 1.57. The van der Waals surface area contributed by atoms with Crippen molar-refractivity contribution in [3.8, 4) is 16.9 Å². The lowest BCUT2D eigenvalue weighted by atomic mass is 9.79. The fraction of sp³-hybridized carbons (Fsp3) is 0.156. The molecule has 1 saturated carbocycles. The van der Waals surface area contributed by atoms with Gasteiger partial charge in [-0.1, -0.05) is 101 Å². The van der Waals surface area contributed by atoms with E-state index in [0.29, 0.717) is 22.4 Å². The lowest BCUT2D eigenvalue weighted by Crippen LogP contribution is -2.42. The first kappa shape index (κ1) is 24.3. The topological polar surface area (TPSA) is 69.7 Å². The normalized spacial score (nSPS) is 23.0. The van der Waals surface area contributed by atoms with Crippen LogP contribution in [-0.2, 0) is 19.7 Å². The van der Waals surface area contributed by atoms with Gasteiger partial charge < -0.3 is 9.47 Å². The molecule has 6 rings (SSSR count). The minimum Gasteiger partial charge on any atom is -0.465 e. The van der Waals surface area contributed by atoms with Gasteiger partial charge in [0.15, 0.2) is 11.2 Å². The molecule has 1 aliphatic carbocycles. The van der Waals surface area contributed by atoms with Gasteiger partial charge in [-0.25, -0.2) is 0 Å². The molecular formula is C32H23BrO5. The highest BCUT2D eigenvalue weighted by Crippen LogP contribution is 2.79. The Labute approximate surface area is 228 Å². The molecule has 0 N–H and O–H groups in total. The minimum absolute atomic E-state index is 0.0662. The highest BCUT2D eigenvalue weighted by atomic mass is 79.9. The number of halogens is 1. The van der Waals surface area contributed by atoms with Crippen molar-refractivity contribution < 1.29 is 23.9 Å². The summed E-state index contributed by atoms with van der Waals surface area (Å²) in [5, 5.41) is 0. The Morgan fingerprint density at radius 3 is 2.13 bits per heavy atom. The molecule has 0 radical (unpaired) electrons. The van der Waals surface area contributed by atoms with E-state index in [2.05, 4.69) is 15.9 Å². The number of benzene rings is 4. The number of fused-ring (bicyclic) bond motifs is 3. The summed E-state index contributed by atoms with van der Waals surface area (Å²) in [7, 11) is 0. The molecule has 1 fully saturated rings. The summed E-state index contributed by atoms with van der Waals surface area (Å²) in [5.74, 6) is -2.29. The molecule has 0 bridgehead atoms. The van der Waals surface area contributed by atoms with Crippen molar-refractivity contribution in [1.29, 1.82) is 0 Å². The van der Waals surface area contributed by atoms with Crippen molar-refractivity contribution in [2.45, 2.75) is 18.3 Å². The summed E-state index contributed by atoms with van der Waals surface area (Å²) in [6.07, 6.45) is 0. The maximum atomic E-state index is 14.7. The van der Waals surface area contributed by atoms with Crippen LogP contribution in [0.1, 0.15) is 34.3 Å². The van der Waals surface area contributed by atoms with Gasteiger partial charge in [-0.3, -0.25) is 14.4 Å². The number of carbonyl (C=O) groups excluding carboxylic acids is 3. The van der Waals surface area contributed by atoms with E-state index in [1.165, 1.54) is 0 Å². The van der Waals surface area contributed by atoms with E-state index in [9.17, 15) is 14.4 Å². The van der Waals surface area contributed by atoms with Crippen LogP contribution in [0.25, 0.3) is 11.1 Å². The molecule has 4 aromatic carbocycles. The van der Waals surface area contributed by atoms with E-state index >= 15 is 0 Å². The molecule has 4 aromatic rings. The van der Waals surface area contributed by atoms with Crippen molar-refractivity contribution in [2.75, 3.05) is 6.61 Å². The fourth-order valence-corrected chi connectivity index (χ4v) is 6.43. The van der Waals surface area contributed by atoms with Crippen LogP contribution in [-0.4, -0.2) is 24.3 Å². The number of carbonyl (C=O) groups is 3. The van der Waals surface area contributed by atoms with E-state index in [0.717, 1.165) is 15.6 Å². The van der Waals surface area contributed by atoms with Gasteiger partial charge in [-0.2, -0.15) is 0 Å². The van der Waals surface area contributed by atoms with E-state index < -0.39 is 28.7 Å². The molecule has 1 aliphatic heterocycles. The van der Waals surface area contributed by atoms with Crippen molar-refractivity contribution in [3.63, 3.8) is 0 Å². The maximum Gasteiger partial charge on any atom is 0.331 e. The monoisotopic (exact) mass is 566 g/mol. The second kappa shape index (κ2) is 9.07. The SMILES string of the molecule is CCOC(=O)[C@]12C(=O)Oc3ccc(Br)cc3[C@@H]1[C@@]2(C(=O)c1ccc(-c2ccccc2)cc1)c1ccccc1. The zero-order valence-electron chi connectivity index (χ0n) is 20.5. The van der Waals surface area contributed by atoms with Crippen molar-refractivity contribution >= 4 is 33.7 Å².